The van der Waals surface area contributed by atoms with Gasteiger partial charge in [0, 0.05) is 23.9 Å². The number of rotatable bonds is 5. The van der Waals surface area contributed by atoms with Crippen LogP contribution in [0.15, 0.2) is 46.2 Å². The van der Waals surface area contributed by atoms with Crippen LogP contribution in [0.4, 0.5) is 5.13 Å². The van der Waals surface area contributed by atoms with Crippen LogP contribution >= 0.6 is 23.1 Å². The Labute approximate surface area is 191 Å². The van der Waals surface area contributed by atoms with Crippen molar-refractivity contribution in [2.24, 2.45) is 5.92 Å². The Hall–Kier alpha value is -1.94. The third-order valence-corrected chi connectivity index (χ3v) is 9.35. The number of amides is 1. The molecule has 0 unspecified atom stereocenters. The number of piperidine rings is 1. The molecule has 1 aliphatic heterocycles. The van der Waals surface area contributed by atoms with Crippen LogP contribution in [0.3, 0.4) is 0 Å². The number of sulfonamides is 1. The van der Waals surface area contributed by atoms with Crippen molar-refractivity contribution in [2.45, 2.75) is 36.5 Å². The average Bonchev–Trinajstić information content (AvgIpc) is 3.16. The number of aromatic nitrogens is 1. The van der Waals surface area contributed by atoms with Crippen molar-refractivity contribution in [1.29, 1.82) is 0 Å². The summed E-state index contributed by atoms with van der Waals surface area (Å²) in [6, 6.07) is 11.1. The molecule has 1 aliphatic rings. The van der Waals surface area contributed by atoms with Gasteiger partial charge in [-0.15, -0.1) is 11.8 Å². The van der Waals surface area contributed by atoms with E-state index in [0.717, 1.165) is 26.2 Å². The smallest absolute Gasteiger partial charge is 0.243 e. The number of nitrogens with zero attached hydrogens (tertiary/aromatic N) is 2. The van der Waals surface area contributed by atoms with Crippen LogP contribution in [-0.4, -0.2) is 43.0 Å². The van der Waals surface area contributed by atoms with Crippen molar-refractivity contribution in [3.05, 3.63) is 47.5 Å². The van der Waals surface area contributed by atoms with Gasteiger partial charge in [-0.05, 0) is 74.4 Å². The first-order valence-corrected chi connectivity index (χ1v) is 13.6. The van der Waals surface area contributed by atoms with Gasteiger partial charge in [0.1, 0.15) is 0 Å². The van der Waals surface area contributed by atoms with E-state index in [1.807, 2.05) is 38.3 Å². The zero-order valence-electron chi connectivity index (χ0n) is 17.7. The van der Waals surface area contributed by atoms with E-state index in [9.17, 15) is 13.2 Å². The maximum atomic E-state index is 12.9. The van der Waals surface area contributed by atoms with Crippen LogP contribution in [0.1, 0.15) is 24.0 Å². The van der Waals surface area contributed by atoms with Crippen LogP contribution in [0, 0.1) is 19.8 Å². The molecule has 164 valence electrons. The van der Waals surface area contributed by atoms with Gasteiger partial charge in [-0.25, -0.2) is 13.4 Å². The summed E-state index contributed by atoms with van der Waals surface area (Å²) < 4.78 is 28.4. The Balaban J connectivity index is 1.40. The van der Waals surface area contributed by atoms with E-state index < -0.39 is 10.0 Å². The predicted octanol–water partition coefficient (Wildman–Crippen LogP) is 4.67. The van der Waals surface area contributed by atoms with Gasteiger partial charge in [-0.2, -0.15) is 4.31 Å². The molecule has 6 nitrogen and oxygen atoms in total. The summed E-state index contributed by atoms with van der Waals surface area (Å²) >= 11 is 3.05. The summed E-state index contributed by atoms with van der Waals surface area (Å²) in [5, 5.41) is 3.54. The van der Waals surface area contributed by atoms with Crippen molar-refractivity contribution in [3.63, 3.8) is 0 Å². The molecule has 3 aromatic rings. The average molecular weight is 476 g/mol. The summed E-state index contributed by atoms with van der Waals surface area (Å²) in [5.41, 5.74) is 3.19. The standard InChI is InChI=1S/C22H25N3O3S3/c1-14-12-15(2)20-19(13-14)23-22(30-20)24-21(26)16-8-10-25(11-9-16)31(27,28)18-6-4-17(29-3)5-7-18/h4-7,12-13,16H,8-11H2,1-3H3,(H,23,24,26). The fourth-order valence-corrected chi connectivity index (χ4v) is 6.69. The monoisotopic (exact) mass is 475 g/mol. The molecular weight excluding hydrogens is 450 g/mol. The van der Waals surface area contributed by atoms with E-state index in [1.165, 1.54) is 15.6 Å². The zero-order valence-corrected chi connectivity index (χ0v) is 20.2. The van der Waals surface area contributed by atoms with Crippen LogP contribution in [0.5, 0.6) is 0 Å². The number of hydrogen-bond donors (Lipinski definition) is 1. The Bertz CT molecular complexity index is 1210. The molecule has 0 aliphatic carbocycles. The number of hydrogen-bond acceptors (Lipinski definition) is 6. The largest absolute Gasteiger partial charge is 0.302 e. The van der Waals surface area contributed by atoms with E-state index in [-0.39, 0.29) is 11.8 Å². The minimum atomic E-state index is -3.54. The van der Waals surface area contributed by atoms with Gasteiger partial charge in [-0.3, -0.25) is 4.79 Å². The lowest BCUT2D eigenvalue weighted by molar-refractivity contribution is -0.120. The first-order chi connectivity index (χ1) is 14.8. The number of fused-ring (bicyclic) bond motifs is 1. The number of benzene rings is 2. The van der Waals surface area contributed by atoms with E-state index in [1.54, 1.807) is 23.9 Å². The first-order valence-electron chi connectivity index (χ1n) is 10.1. The number of carbonyl (C=O) groups excluding carboxylic acids is 1. The molecule has 0 bridgehead atoms. The van der Waals surface area contributed by atoms with Crippen LogP contribution in [0.25, 0.3) is 10.2 Å². The molecule has 0 atom stereocenters. The lowest BCUT2D eigenvalue weighted by Gasteiger charge is -2.30. The predicted molar refractivity (Wildman–Crippen MR) is 127 cm³/mol. The van der Waals surface area contributed by atoms with Crippen LogP contribution in [0.2, 0.25) is 0 Å². The Morgan fingerprint density at radius 3 is 2.48 bits per heavy atom. The van der Waals surface area contributed by atoms with Gasteiger partial charge in [0.15, 0.2) is 5.13 Å². The molecule has 1 fully saturated rings. The quantitative estimate of drug-likeness (QED) is 0.542. The van der Waals surface area contributed by atoms with Gasteiger partial charge in [-0.1, -0.05) is 17.4 Å². The molecule has 9 heteroatoms. The molecule has 31 heavy (non-hydrogen) atoms. The summed E-state index contributed by atoms with van der Waals surface area (Å²) in [6.45, 7) is 4.75. The maximum absolute atomic E-state index is 12.9. The maximum Gasteiger partial charge on any atom is 0.243 e. The molecule has 1 N–H and O–H groups in total. The molecular formula is C22H25N3O3S3. The van der Waals surface area contributed by atoms with Gasteiger partial charge >= 0.3 is 0 Å². The Kier molecular flexibility index (Phi) is 6.39. The molecule has 2 heterocycles. The van der Waals surface area contributed by atoms with Crippen LogP contribution < -0.4 is 5.32 Å². The number of aryl methyl sites for hydroxylation is 2. The highest BCUT2D eigenvalue weighted by Gasteiger charge is 2.32. The highest BCUT2D eigenvalue weighted by atomic mass is 32.2. The number of nitrogens with one attached hydrogen (secondary N) is 1. The summed E-state index contributed by atoms with van der Waals surface area (Å²) in [4.78, 5) is 18.7. The van der Waals surface area contributed by atoms with E-state index in [4.69, 9.17) is 0 Å². The second-order valence-corrected chi connectivity index (χ2v) is 11.6. The van der Waals surface area contributed by atoms with E-state index in [0.29, 0.717) is 36.0 Å². The normalized spacial score (nSPS) is 16.0. The highest BCUT2D eigenvalue weighted by molar-refractivity contribution is 7.98. The fraction of sp³-hybridized carbons (Fsp3) is 0.364. The Morgan fingerprint density at radius 1 is 1.16 bits per heavy atom. The van der Waals surface area contributed by atoms with Gasteiger partial charge < -0.3 is 5.32 Å². The number of thioether (sulfide) groups is 1. The molecule has 0 saturated carbocycles. The molecule has 1 amide bonds. The molecule has 1 saturated heterocycles. The van der Waals surface area contributed by atoms with Crippen molar-refractivity contribution in [2.75, 3.05) is 24.7 Å². The molecule has 1 aromatic heterocycles. The number of thiazole rings is 1. The molecule has 0 radical (unpaired) electrons. The second kappa shape index (κ2) is 8.90. The van der Waals surface area contributed by atoms with E-state index >= 15 is 0 Å². The summed E-state index contributed by atoms with van der Waals surface area (Å²) in [6.07, 6.45) is 2.95. The molecule has 0 spiro atoms. The van der Waals surface area contributed by atoms with E-state index in [2.05, 4.69) is 16.4 Å². The first kappa shape index (κ1) is 22.3. The SMILES string of the molecule is CSc1ccc(S(=O)(=O)N2CCC(C(=O)Nc3nc4cc(C)cc(C)c4s3)CC2)cc1. The van der Waals surface area contributed by atoms with Gasteiger partial charge in [0.2, 0.25) is 15.9 Å². The Morgan fingerprint density at radius 2 is 1.84 bits per heavy atom. The molecule has 2 aromatic carbocycles. The van der Waals surface area contributed by atoms with Crippen molar-refractivity contribution >= 4 is 54.4 Å². The number of anilines is 1. The zero-order chi connectivity index (χ0) is 22.2. The van der Waals surface area contributed by atoms with Gasteiger partial charge in [0.05, 0.1) is 15.1 Å². The fourth-order valence-electron chi connectivity index (χ4n) is 3.89. The minimum Gasteiger partial charge on any atom is -0.302 e. The minimum absolute atomic E-state index is 0.0881. The topological polar surface area (TPSA) is 79.4 Å². The van der Waals surface area contributed by atoms with Crippen molar-refractivity contribution < 1.29 is 13.2 Å². The van der Waals surface area contributed by atoms with Crippen LogP contribution in [-0.2, 0) is 14.8 Å². The molecule has 4 rings (SSSR count). The summed E-state index contributed by atoms with van der Waals surface area (Å²) in [7, 11) is -3.54. The van der Waals surface area contributed by atoms with Crippen molar-refractivity contribution in [1.82, 2.24) is 9.29 Å². The van der Waals surface area contributed by atoms with Crippen molar-refractivity contribution in [3.8, 4) is 0 Å². The van der Waals surface area contributed by atoms with Gasteiger partial charge in [0.25, 0.3) is 0 Å². The highest BCUT2D eigenvalue weighted by Crippen LogP contribution is 2.31. The third-order valence-electron chi connectivity index (χ3n) is 5.57. The lowest BCUT2D eigenvalue weighted by Crippen LogP contribution is -2.41. The second-order valence-electron chi connectivity index (χ2n) is 7.79. The third kappa shape index (κ3) is 4.64. The summed E-state index contributed by atoms with van der Waals surface area (Å²) in [5.74, 6) is -0.310. The number of carbonyl (C=O) groups is 1. The lowest BCUT2D eigenvalue weighted by atomic mass is 9.97.